The molecule has 0 amide bonds. The first-order valence-electron chi connectivity index (χ1n) is 15.4. The molecule has 5 aromatic carbocycles. The van der Waals surface area contributed by atoms with Crippen LogP contribution in [0.25, 0.3) is 28.0 Å². The summed E-state index contributed by atoms with van der Waals surface area (Å²) < 4.78 is 7.40. The van der Waals surface area contributed by atoms with Crippen molar-refractivity contribution < 1.29 is 4.74 Å². The fraction of sp³-hybridized carbons (Fsp3) is 0.225. The van der Waals surface area contributed by atoms with Crippen LogP contribution in [0.5, 0.6) is 5.75 Å². The van der Waals surface area contributed by atoms with E-state index in [1.54, 1.807) is 0 Å². The van der Waals surface area contributed by atoms with Gasteiger partial charge in [0.15, 0.2) is 5.60 Å². The van der Waals surface area contributed by atoms with E-state index in [-0.39, 0.29) is 0 Å². The van der Waals surface area contributed by atoms with Gasteiger partial charge in [-0.2, -0.15) is 5.26 Å². The molecule has 204 valence electrons. The van der Waals surface area contributed by atoms with Gasteiger partial charge in [0.25, 0.3) is 0 Å². The lowest BCUT2D eigenvalue weighted by Gasteiger charge is -2.39. The lowest BCUT2D eigenvalue weighted by Crippen LogP contribution is -2.35. The number of ether oxygens (including phenoxy) is 1. The van der Waals surface area contributed by atoms with Crippen molar-refractivity contribution in [2.45, 2.75) is 56.5 Å². The quantitative estimate of drug-likeness (QED) is 0.227. The number of aryl methyl sites for hydroxylation is 1. The number of rotatable bonds is 3. The van der Waals surface area contributed by atoms with Crippen molar-refractivity contribution >= 4 is 16.8 Å². The summed E-state index contributed by atoms with van der Waals surface area (Å²) >= 11 is 0. The van der Waals surface area contributed by atoms with Gasteiger partial charge in [-0.15, -0.1) is 0 Å². The van der Waals surface area contributed by atoms with Crippen LogP contribution in [0, 0.1) is 11.3 Å². The normalized spacial score (nSPS) is 19.3. The molecular formula is C40H33NO. The molecule has 5 aromatic rings. The molecule has 1 aliphatic heterocycles. The van der Waals surface area contributed by atoms with Crippen LogP contribution in [0.1, 0.15) is 77.0 Å². The van der Waals surface area contributed by atoms with Crippen molar-refractivity contribution in [3.05, 3.63) is 142 Å². The number of hydrogen-bond acceptors (Lipinski definition) is 2. The van der Waals surface area contributed by atoms with Crippen LogP contribution in [0.3, 0.4) is 0 Å². The van der Waals surface area contributed by atoms with Crippen molar-refractivity contribution in [1.29, 1.82) is 5.26 Å². The first kappa shape index (κ1) is 25.1. The Bertz CT molecular complexity index is 1880. The molecule has 1 heterocycles. The highest BCUT2D eigenvalue weighted by molar-refractivity contribution is 6.06. The van der Waals surface area contributed by atoms with Crippen molar-refractivity contribution in [3.63, 3.8) is 0 Å². The molecule has 2 nitrogen and oxygen atoms in total. The maximum Gasteiger partial charge on any atom is 0.178 e. The largest absolute Gasteiger partial charge is 0.473 e. The van der Waals surface area contributed by atoms with Crippen LogP contribution < -0.4 is 4.74 Å². The summed E-state index contributed by atoms with van der Waals surface area (Å²) in [5.41, 5.74) is 9.93. The summed E-state index contributed by atoms with van der Waals surface area (Å²) in [6.45, 7) is 0. The van der Waals surface area contributed by atoms with Crippen molar-refractivity contribution in [2.24, 2.45) is 0 Å². The van der Waals surface area contributed by atoms with Gasteiger partial charge in [-0.3, -0.25) is 0 Å². The van der Waals surface area contributed by atoms with Crippen LogP contribution >= 0.6 is 0 Å². The van der Waals surface area contributed by atoms with Crippen molar-refractivity contribution in [2.75, 3.05) is 0 Å². The molecule has 2 heteroatoms. The lowest BCUT2D eigenvalue weighted by atomic mass is 9.77. The molecule has 1 fully saturated rings. The van der Waals surface area contributed by atoms with Crippen LogP contribution in [0.4, 0.5) is 0 Å². The highest BCUT2D eigenvalue weighted by atomic mass is 16.5. The minimum atomic E-state index is -0.792. The number of nitrogens with zero attached hydrogens (tertiary/aromatic N) is 1. The van der Waals surface area contributed by atoms with E-state index in [0.29, 0.717) is 11.5 Å². The van der Waals surface area contributed by atoms with Crippen molar-refractivity contribution in [1.82, 2.24) is 0 Å². The van der Waals surface area contributed by atoms with E-state index in [2.05, 4.69) is 103 Å². The van der Waals surface area contributed by atoms with Gasteiger partial charge in [0.1, 0.15) is 5.75 Å². The molecule has 1 saturated carbocycles. The van der Waals surface area contributed by atoms with E-state index in [4.69, 9.17) is 4.74 Å². The predicted molar refractivity (Wildman–Crippen MR) is 171 cm³/mol. The topological polar surface area (TPSA) is 33.0 Å². The van der Waals surface area contributed by atoms with Gasteiger partial charge in [0.2, 0.25) is 0 Å². The summed E-state index contributed by atoms with van der Waals surface area (Å²) in [5, 5.41) is 12.0. The monoisotopic (exact) mass is 543 g/mol. The Kier molecular flexibility index (Phi) is 6.00. The summed E-state index contributed by atoms with van der Waals surface area (Å²) in [5.74, 6) is 1.64. The third kappa shape index (κ3) is 3.92. The minimum Gasteiger partial charge on any atom is -0.473 e. The molecule has 0 aromatic heterocycles. The van der Waals surface area contributed by atoms with E-state index in [1.807, 2.05) is 12.1 Å². The molecule has 0 saturated heterocycles. The molecule has 2 aliphatic carbocycles. The SMILES string of the molecule is N#Cc1ccc(C2(c3ccc(C4CCCCC4)cc3)C=Cc3c(c4c(c5ccccc35)-c3ccccc3CC4)O2)cc1. The van der Waals surface area contributed by atoms with E-state index < -0.39 is 5.60 Å². The van der Waals surface area contributed by atoms with E-state index >= 15 is 0 Å². The van der Waals surface area contributed by atoms with Crippen LogP contribution in [0.15, 0.2) is 103 Å². The van der Waals surface area contributed by atoms with Gasteiger partial charge >= 0.3 is 0 Å². The Hall–Kier alpha value is -4.61. The zero-order valence-electron chi connectivity index (χ0n) is 23.8. The van der Waals surface area contributed by atoms with Crippen molar-refractivity contribution in [3.8, 4) is 22.9 Å². The summed E-state index contributed by atoms with van der Waals surface area (Å²) in [4.78, 5) is 0. The molecule has 0 spiro atoms. The van der Waals surface area contributed by atoms with Gasteiger partial charge in [0, 0.05) is 22.3 Å². The third-order valence-electron chi connectivity index (χ3n) is 9.84. The van der Waals surface area contributed by atoms with Gasteiger partial charge < -0.3 is 4.74 Å². The Morgan fingerprint density at radius 2 is 1.40 bits per heavy atom. The zero-order valence-corrected chi connectivity index (χ0v) is 23.8. The van der Waals surface area contributed by atoms with E-state index in [1.165, 1.54) is 70.7 Å². The highest BCUT2D eigenvalue weighted by Crippen LogP contribution is 2.51. The summed E-state index contributed by atoms with van der Waals surface area (Å²) in [7, 11) is 0. The third-order valence-corrected chi connectivity index (χ3v) is 9.84. The smallest absolute Gasteiger partial charge is 0.178 e. The molecule has 0 N–H and O–H groups in total. The second kappa shape index (κ2) is 10.0. The number of hydrogen-bond donors (Lipinski definition) is 0. The Morgan fingerprint density at radius 3 is 2.17 bits per heavy atom. The maximum atomic E-state index is 9.52. The van der Waals surface area contributed by atoms with Gasteiger partial charge in [0.05, 0.1) is 11.6 Å². The second-order valence-corrected chi connectivity index (χ2v) is 12.1. The van der Waals surface area contributed by atoms with Crippen LogP contribution in [0.2, 0.25) is 0 Å². The fourth-order valence-electron chi connectivity index (χ4n) is 7.67. The standard InChI is InChI=1S/C40H33NO/c41-26-27-14-19-31(20-15-27)40(32-21-16-29(17-22-32)28-8-2-1-3-9-28)25-24-36-34-12-6-7-13-35(34)38-33-11-5-4-10-30(33)18-23-37(38)39(36)42-40/h4-7,10-17,19-22,24-25,28H,1-3,8-9,18,23H2. The van der Waals surface area contributed by atoms with E-state index in [9.17, 15) is 5.26 Å². The molecule has 1 unspecified atom stereocenters. The average Bonchev–Trinajstić information content (AvgIpc) is 3.08. The molecule has 0 radical (unpaired) electrons. The van der Waals surface area contributed by atoms with E-state index in [0.717, 1.165) is 35.3 Å². The fourth-order valence-corrected chi connectivity index (χ4v) is 7.67. The Balaban J connectivity index is 1.33. The molecule has 8 rings (SSSR count). The first-order valence-corrected chi connectivity index (χ1v) is 15.4. The lowest BCUT2D eigenvalue weighted by molar-refractivity contribution is 0.159. The predicted octanol–water partition coefficient (Wildman–Crippen LogP) is 9.87. The average molecular weight is 544 g/mol. The summed E-state index contributed by atoms with van der Waals surface area (Å²) in [6.07, 6.45) is 13.0. The Morgan fingerprint density at radius 1 is 0.714 bits per heavy atom. The maximum absolute atomic E-state index is 9.52. The molecule has 42 heavy (non-hydrogen) atoms. The first-order chi connectivity index (χ1) is 20.7. The zero-order chi connectivity index (χ0) is 28.1. The molecule has 1 atom stereocenters. The van der Waals surface area contributed by atoms with Crippen LogP contribution in [-0.4, -0.2) is 0 Å². The summed E-state index contributed by atoms with van der Waals surface area (Å²) in [6, 6.07) is 37.0. The minimum absolute atomic E-state index is 0.653. The number of benzene rings is 5. The number of fused-ring (bicyclic) bond motifs is 8. The molecular weight excluding hydrogens is 510 g/mol. The second-order valence-electron chi connectivity index (χ2n) is 12.1. The highest BCUT2D eigenvalue weighted by Gasteiger charge is 2.40. The van der Waals surface area contributed by atoms with Gasteiger partial charge in [-0.25, -0.2) is 0 Å². The van der Waals surface area contributed by atoms with Gasteiger partial charge in [-0.05, 0) is 88.9 Å². The molecule has 0 bridgehead atoms. The Labute approximate surface area is 247 Å². The number of nitriles is 1. The molecule has 3 aliphatic rings. The van der Waals surface area contributed by atoms with Gasteiger partial charge in [-0.1, -0.05) is 104 Å². The van der Waals surface area contributed by atoms with Crippen LogP contribution in [-0.2, 0) is 18.4 Å².